The largest absolute Gasteiger partial charge is 0.496 e. The molecule has 0 fully saturated rings. The van der Waals surface area contributed by atoms with E-state index >= 15 is 0 Å². The van der Waals surface area contributed by atoms with Gasteiger partial charge in [0.1, 0.15) is 5.75 Å². The summed E-state index contributed by atoms with van der Waals surface area (Å²) in [5, 5.41) is 2.42. The average molecular weight is 276 g/mol. The van der Waals surface area contributed by atoms with Gasteiger partial charge in [-0.05, 0) is 34.1 Å². The second kappa shape index (κ2) is 3.52. The first-order chi connectivity index (χ1) is 7.79. The second-order valence-electron chi connectivity index (χ2n) is 3.70. The number of fused-ring (bicyclic) bond motifs is 3. The highest BCUT2D eigenvalue weighted by molar-refractivity contribution is 9.10. The lowest BCUT2D eigenvalue weighted by Crippen LogP contribution is -1.83. The minimum Gasteiger partial charge on any atom is -0.496 e. The van der Waals surface area contributed by atoms with E-state index in [-0.39, 0.29) is 0 Å². The maximum Gasteiger partial charge on any atom is 0.133 e. The summed E-state index contributed by atoms with van der Waals surface area (Å²) in [6.07, 6.45) is 0. The number of hydrogen-bond acceptors (Lipinski definition) is 1. The van der Waals surface area contributed by atoms with Crippen LogP contribution >= 0.6 is 15.9 Å². The molecule has 0 aliphatic heterocycles. The summed E-state index contributed by atoms with van der Waals surface area (Å²) in [4.78, 5) is 3.38. The number of benzene rings is 2. The molecule has 3 aromatic rings. The highest BCUT2D eigenvalue weighted by Crippen LogP contribution is 2.33. The highest BCUT2D eigenvalue weighted by atomic mass is 79.9. The quantitative estimate of drug-likeness (QED) is 0.711. The molecule has 0 saturated carbocycles. The predicted molar refractivity (Wildman–Crippen MR) is 70.1 cm³/mol. The molecule has 0 aliphatic carbocycles. The van der Waals surface area contributed by atoms with Crippen molar-refractivity contribution in [1.82, 2.24) is 4.98 Å². The zero-order valence-corrected chi connectivity index (χ0v) is 10.3. The fraction of sp³-hybridized carbons (Fsp3) is 0.0769. The average Bonchev–Trinajstić information content (AvgIpc) is 2.65. The van der Waals surface area contributed by atoms with Crippen LogP contribution in [0.5, 0.6) is 5.75 Å². The standard InChI is InChI=1S/C13H10BrNO/c1-16-13-6-9-8-4-2-3-5-11(8)15-12(9)7-10(13)14/h2-7,15H,1H3. The van der Waals surface area contributed by atoms with E-state index in [9.17, 15) is 0 Å². The highest BCUT2D eigenvalue weighted by Gasteiger charge is 2.07. The van der Waals surface area contributed by atoms with Gasteiger partial charge in [-0.25, -0.2) is 0 Å². The SMILES string of the molecule is COc1cc2c(cc1Br)[nH]c1ccccc12. The lowest BCUT2D eigenvalue weighted by Gasteiger charge is -2.02. The predicted octanol–water partition coefficient (Wildman–Crippen LogP) is 4.09. The normalized spacial score (nSPS) is 11.1. The van der Waals surface area contributed by atoms with Gasteiger partial charge in [-0.3, -0.25) is 0 Å². The van der Waals surface area contributed by atoms with Crippen molar-refractivity contribution >= 4 is 37.7 Å². The Bertz CT molecular complexity index is 672. The fourth-order valence-corrected chi connectivity index (χ4v) is 2.51. The van der Waals surface area contributed by atoms with Crippen molar-refractivity contribution in [3.8, 4) is 5.75 Å². The number of aromatic amines is 1. The molecule has 0 radical (unpaired) electrons. The number of halogens is 1. The van der Waals surface area contributed by atoms with E-state index in [4.69, 9.17) is 4.74 Å². The third kappa shape index (κ3) is 1.32. The minimum absolute atomic E-state index is 0.859. The molecule has 0 atom stereocenters. The van der Waals surface area contributed by atoms with Crippen molar-refractivity contribution in [2.24, 2.45) is 0 Å². The molecule has 0 saturated heterocycles. The fourth-order valence-electron chi connectivity index (χ4n) is 2.01. The Morgan fingerprint density at radius 1 is 1.06 bits per heavy atom. The van der Waals surface area contributed by atoms with Gasteiger partial charge in [0, 0.05) is 21.8 Å². The monoisotopic (exact) mass is 275 g/mol. The van der Waals surface area contributed by atoms with Crippen LogP contribution in [0, 0.1) is 0 Å². The Balaban J connectivity index is 2.47. The molecule has 1 heterocycles. The van der Waals surface area contributed by atoms with Crippen LogP contribution in [0.15, 0.2) is 40.9 Å². The van der Waals surface area contributed by atoms with Gasteiger partial charge in [0.2, 0.25) is 0 Å². The molecular formula is C13H10BrNO. The van der Waals surface area contributed by atoms with Crippen LogP contribution in [0.2, 0.25) is 0 Å². The van der Waals surface area contributed by atoms with E-state index in [1.807, 2.05) is 18.2 Å². The molecule has 3 heteroatoms. The minimum atomic E-state index is 0.859. The summed E-state index contributed by atoms with van der Waals surface area (Å²) in [5.41, 5.74) is 2.27. The third-order valence-corrected chi connectivity index (χ3v) is 3.40. The zero-order valence-electron chi connectivity index (χ0n) is 8.75. The van der Waals surface area contributed by atoms with Crippen LogP contribution in [-0.2, 0) is 0 Å². The molecule has 0 aliphatic rings. The topological polar surface area (TPSA) is 25.0 Å². The van der Waals surface area contributed by atoms with Crippen LogP contribution in [-0.4, -0.2) is 12.1 Å². The van der Waals surface area contributed by atoms with E-state index in [0.29, 0.717) is 0 Å². The van der Waals surface area contributed by atoms with Crippen LogP contribution in [0.4, 0.5) is 0 Å². The van der Waals surface area contributed by atoms with Crippen molar-refractivity contribution < 1.29 is 4.74 Å². The van der Waals surface area contributed by atoms with Gasteiger partial charge in [0.05, 0.1) is 11.6 Å². The Labute approximate surface area is 101 Å². The van der Waals surface area contributed by atoms with E-state index in [1.165, 1.54) is 10.8 Å². The maximum absolute atomic E-state index is 5.31. The van der Waals surface area contributed by atoms with Gasteiger partial charge < -0.3 is 9.72 Å². The van der Waals surface area contributed by atoms with Gasteiger partial charge in [0.25, 0.3) is 0 Å². The Hall–Kier alpha value is -1.48. The van der Waals surface area contributed by atoms with Crippen LogP contribution in [0.25, 0.3) is 21.8 Å². The molecule has 1 N–H and O–H groups in total. The summed E-state index contributed by atoms with van der Waals surface area (Å²) >= 11 is 3.49. The van der Waals surface area contributed by atoms with E-state index in [1.54, 1.807) is 7.11 Å². The smallest absolute Gasteiger partial charge is 0.133 e. The van der Waals surface area contributed by atoms with Gasteiger partial charge >= 0.3 is 0 Å². The van der Waals surface area contributed by atoms with Crippen molar-refractivity contribution in [2.45, 2.75) is 0 Å². The number of para-hydroxylation sites is 1. The Kier molecular flexibility index (Phi) is 2.14. The molecule has 1 aromatic heterocycles. The molecule has 2 aromatic carbocycles. The number of hydrogen-bond donors (Lipinski definition) is 1. The molecule has 3 rings (SSSR count). The third-order valence-electron chi connectivity index (χ3n) is 2.78. The first-order valence-corrected chi connectivity index (χ1v) is 5.83. The van der Waals surface area contributed by atoms with E-state index in [0.717, 1.165) is 21.3 Å². The molecule has 0 amide bonds. The lowest BCUT2D eigenvalue weighted by atomic mass is 10.1. The van der Waals surface area contributed by atoms with Crippen molar-refractivity contribution in [1.29, 1.82) is 0 Å². The summed E-state index contributed by atoms with van der Waals surface area (Å²) in [6, 6.07) is 12.4. The number of ether oxygens (including phenoxy) is 1. The number of rotatable bonds is 1. The molecule has 2 nitrogen and oxygen atoms in total. The van der Waals surface area contributed by atoms with Crippen molar-refractivity contribution in [3.63, 3.8) is 0 Å². The maximum atomic E-state index is 5.31. The molecule has 0 unspecified atom stereocenters. The number of nitrogens with one attached hydrogen (secondary N) is 1. The molecule has 80 valence electrons. The lowest BCUT2D eigenvalue weighted by molar-refractivity contribution is 0.413. The number of methoxy groups -OCH3 is 1. The molecule has 0 spiro atoms. The summed E-state index contributed by atoms with van der Waals surface area (Å²) in [5.74, 6) is 0.859. The van der Waals surface area contributed by atoms with Crippen LogP contribution in [0.1, 0.15) is 0 Å². The van der Waals surface area contributed by atoms with Gasteiger partial charge in [-0.1, -0.05) is 18.2 Å². The van der Waals surface area contributed by atoms with Crippen LogP contribution in [0.3, 0.4) is 0 Å². The van der Waals surface area contributed by atoms with E-state index in [2.05, 4.69) is 39.1 Å². The van der Waals surface area contributed by atoms with E-state index < -0.39 is 0 Å². The van der Waals surface area contributed by atoms with Gasteiger partial charge in [0.15, 0.2) is 0 Å². The number of aromatic nitrogens is 1. The van der Waals surface area contributed by atoms with Crippen LogP contribution < -0.4 is 4.74 Å². The summed E-state index contributed by atoms with van der Waals surface area (Å²) in [7, 11) is 1.68. The first-order valence-electron chi connectivity index (χ1n) is 5.03. The number of H-pyrrole nitrogens is 1. The van der Waals surface area contributed by atoms with Gasteiger partial charge in [-0.15, -0.1) is 0 Å². The molecule has 16 heavy (non-hydrogen) atoms. The molecule has 0 bridgehead atoms. The second-order valence-corrected chi connectivity index (χ2v) is 4.56. The summed E-state index contributed by atoms with van der Waals surface area (Å²) in [6.45, 7) is 0. The first kappa shape index (κ1) is 9.73. The zero-order chi connectivity index (χ0) is 11.1. The Morgan fingerprint density at radius 3 is 2.69 bits per heavy atom. The van der Waals surface area contributed by atoms with Crippen molar-refractivity contribution in [3.05, 3.63) is 40.9 Å². The Morgan fingerprint density at radius 2 is 1.88 bits per heavy atom. The van der Waals surface area contributed by atoms with Gasteiger partial charge in [-0.2, -0.15) is 0 Å². The van der Waals surface area contributed by atoms with Crippen molar-refractivity contribution in [2.75, 3.05) is 7.11 Å². The molecular weight excluding hydrogens is 266 g/mol. The summed E-state index contributed by atoms with van der Waals surface area (Å²) < 4.78 is 6.28.